The molecule has 3 amide bonds. The van der Waals surface area contributed by atoms with Crippen molar-refractivity contribution in [3.63, 3.8) is 0 Å². The van der Waals surface area contributed by atoms with E-state index in [1.165, 1.54) is 0 Å². The number of amides is 3. The first-order valence-electron chi connectivity index (χ1n) is 9.48. The van der Waals surface area contributed by atoms with Crippen LogP contribution < -0.4 is 16.0 Å². The summed E-state index contributed by atoms with van der Waals surface area (Å²) in [5, 5.41) is 8.49. The summed E-state index contributed by atoms with van der Waals surface area (Å²) in [6.45, 7) is 5.18. The van der Waals surface area contributed by atoms with E-state index in [9.17, 15) is 9.59 Å². The van der Waals surface area contributed by atoms with Gasteiger partial charge in [0, 0.05) is 44.0 Å². The number of nitrogens with zero attached hydrogens (tertiary/aromatic N) is 1. The number of carbonyl (C=O) groups is 2. The van der Waals surface area contributed by atoms with E-state index in [1.807, 2.05) is 30.3 Å². The number of ether oxygens (including phenoxy) is 1. The monoisotopic (exact) mass is 382 g/mol. The molecule has 1 aliphatic heterocycles. The molecule has 148 valence electrons. The molecule has 1 fully saturated rings. The van der Waals surface area contributed by atoms with E-state index in [2.05, 4.69) is 20.9 Å². The quantitative estimate of drug-likeness (QED) is 0.685. The molecule has 0 aromatic heterocycles. The summed E-state index contributed by atoms with van der Waals surface area (Å²) in [6.07, 6.45) is 0. The summed E-state index contributed by atoms with van der Waals surface area (Å²) in [4.78, 5) is 26.5. The van der Waals surface area contributed by atoms with Crippen LogP contribution in [0, 0.1) is 0 Å². The minimum atomic E-state index is -0.286. The molecular formula is C21H26N4O3. The fraction of sp³-hybridized carbons (Fsp3) is 0.333. The molecule has 7 nitrogen and oxygen atoms in total. The smallest absolute Gasteiger partial charge is 0.319 e. The van der Waals surface area contributed by atoms with Crippen molar-refractivity contribution >= 4 is 17.6 Å². The molecule has 3 rings (SSSR count). The molecule has 0 atom stereocenters. The van der Waals surface area contributed by atoms with Gasteiger partial charge in [0.1, 0.15) is 0 Å². The fourth-order valence-corrected chi connectivity index (χ4v) is 2.91. The minimum absolute atomic E-state index is 0.117. The SMILES string of the molecule is O=C(NCc1ccccc1)Nc1ccc(C(=O)NCCN2CCOCC2)cc1. The number of urea groups is 1. The van der Waals surface area contributed by atoms with Gasteiger partial charge in [0.15, 0.2) is 0 Å². The van der Waals surface area contributed by atoms with E-state index in [1.54, 1.807) is 24.3 Å². The Morgan fingerprint density at radius 2 is 1.64 bits per heavy atom. The number of benzene rings is 2. The number of carbonyl (C=O) groups excluding carboxylic acids is 2. The minimum Gasteiger partial charge on any atom is -0.379 e. The molecule has 1 heterocycles. The molecule has 0 saturated carbocycles. The predicted octanol–water partition coefficient (Wildman–Crippen LogP) is 2.07. The molecule has 2 aromatic carbocycles. The molecule has 28 heavy (non-hydrogen) atoms. The Balaban J connectivity index is 1.39. The van der Waals surface area contributed by atoms with E-state index in [0.717, 1.165) is 38.4 Å². The fourth-order valence-electron chi connectivity index (χ4n) is 2.91. The van der Waals surface area contributed by atoms with Crippen LogP contribution in [-0.2, 0) is 11.3 Å². The number of hydrogen-bond donors (Lipinski definition) is 3. The van der Waals surface area contributed by atoms with Gasteiger partial charge in [-0.3, -0.25) is 9.69 Å². The van der Waals surface area contributed by atoms with Gasteiger partial charge in [-0.15, -0.1) is 0 Å². The Morgan fingerprint density at radius 1 is 0.929 bits per heavy atom. The van der Waals surface area contributed by atoms with Crippen LogP contribution in [0.3, 0.4) is 0 Å². The molecule has 1 saturated heterocycles. The zero-order valence-corrected chi connectivity index (χ0v) is 15.8. The number of anilines is 1. The molecular weight excluding hydrogens is 356 g/mol. The largest absolute Gasteiger partial charge is 0.379 e. The van der Waals surface area contributed by atoms with Crippen LogP contribution in [0.15, 0.2) is 54.6 Å². The Hall–Kier alpha value is -2.90. The predicted molar refractivity (Wildman–Crippen MR) is 108 cm³/mol. The summed E-state index contributed by atoms with van der Waals surface area (Å²) in [6, 6.07) is 16.3. The average molecular weight is 382 g/mol. The highest BCUT2D eigenvalue weighted by molar-refractivity contribution is 5.95. The van der Waals surface area contributed by atoms with Gasteiger partial charge in [-0.2, -0.15) is 0 Å². The molecule has 2 aromatic rings. The molecule has 0 bridgehead atoms. The van der Waals surface area contributed by atoms with Crippen molar-refractivity contribution in [3.05, 3.63) is 65.7 Å². The lowest BCUT2D eigenvalue weighted by molar-refractivity contribution is 0.0383. The van der Waals surface area contributed by atoms with Gasteiger partial charge >= 0.3 is 6.03 Å². The van der Waals surface area contributed by atoms with E-state index in [0.29, 0.717) is 24.3 Å². The van der Waals surface area contributed by atoms with Gasteiger partial charge < -0.3 is 20.7 Å². The number of nitrogens with one attached hydrogen (secondary N) is 3. The van der Waals surface area contributed by atoms with Gasteiger partial charge in [0.05, 0.1) is 13.2 Å². The van der Waals surface area contributed by atoms with E-state index in [4.69, 9.17) is 4.74 Å². The van der Waals surface area contributed by atoms with Gasteiger partial charge in [-0.25, -0.2) is 4.79 Å². The second-order valence-electron chi connectivity index (χ2n) is 6.58. The first kappa shape index (κ1) is 19.9. The molecule has 0 radical (unpaired) electrons. The van der Waals surface area contributed by atoms with Crippen molar-refractivity contribution in [3.8, 4) is 0 Å². The standard InChI is InChI=1S/C21H26N4O3/c26-20(22-10-11-25-12-14-28-15-13-25)18-6-8-19(9-7-18)24-21(27)23-16-17-4-2-1-3-5-17/h1-9H,10-16H2,(H,22,26)(H2,23,24,27). The first-order chi connectivity index (χ1) is 13.7. The summed E-state index contributed by atoms with van der Waals surface area (Å²) >= 11 is 0. The maximum atomic E-state index is 12.2. The van der Waals surface area contributed by atoms with E-state index in [-0.39, 0.29) is 11.9 Å². The molecule has 0 spiro atoms. The Labute approximate surface area is 165 Å². The van der Waals surface area contributed by atoms with Crippen molar-refractivity contribution in [2.24, 2.45) is 0 Å². The summed E-state index contributed by atoms with van der Waals surface area (Å²) < 4.78 is 5.31. The van der Waals surface area contributed by atoms with Gasteiger partial charge in [-0.1, -0.05) is 30.3 Å². The maximum Gasteiger partial charge on any atom is 0.319 e. The summed E-state index contributed by atoms with van der Waals surface area (Å²) in [5.41, 5.74) is 2.23. The second kappa shape index (κ2) is 10.4. The third kappa shape index (κ3) is 6.37. The van der Waals surface area contributed by atoms with Crippen molar-refractivity contribution < 1.29 is 14.3 Å². The molecule has 3 N–H and O–H groups in total. The highest BCUT2D eigenvalue weighted by Crippen LogP contribution is 2.09. The highest BCUT2D eigenvalue weighted by Gasteiger charge is 2.11. The van der Waals surface area contributed by atoms with Crippen LogP contribution >= 0.6 is 0 Å². The Morgan fingerprint density at radius 3 is 2.36 bits per heavy atom. The Bertz CT molecular complexity index is 759. The Kier molecular flexibility index (Phi) is 7.40. The normalized spacial score (nSPS) is 14.3. The number of rotatable bonds is 7. The van der Waals surface area contributed by atoms with Crippen molar-refractivity contribution in [2.45, 2.75) is 6.54 Å². The topological polar surface area (TPSA) is 82.7 Å². The second-order valence-corrected chi connectivity index (χ2v) is 6.58. The van der Waals surface area contributed by atoms with Crippen LogP contribution in [0.2, 0.25) is 0 Å². The molecule has 0 aliphatic carbocycles. The zero-order valence-electron chi connectivity index (χ0n) is 15.8. The van der Waals surface area contributed by atoms with Crippen LogP contribution in [-0.4, -0.2) is 56.2 Å². The van der Waals surface area contributed by atoms with Crippen molar-refractivity contribution in [1.82, 2.24) is 15.5 Å². The van der Waals surface area contributed by atoms with E-state index < -0.39 is 0 Å². The van der Waals surface area contributed by atoms with Crippen molar-refractivity contribution in [1.29, 1.82) is 0 Å². The number of morpholine rings is 1. The molecule has 7 heteroatoms. The third-order valence-electron chi connectivity index (χ3n) is 4.52. The lowest BCUT2D eigenvalue weighted by Gasteiger charge is -2.26. The highest BCUT2D eigenvalue weighted by atomic mass is 16.5. The lowest BCUT2D eigenvalue weighted by Crippen LogP contribution is -2.41. The summed E-state index contributed by atoms with van der Waals surface area (Å²) in [5.74, 6) is -0.117. The van der Waals surface area contributed by atoms with Crippen LogP contribution in [0.1, 0.15) is 15.9 Å². The zero-order chi connectivity index (χ0) is 19.6. The summed E-state index contributed by atoms with van der Waals surface area (Å²) in [7, 11) is 0. The molecule has 0 unspecified atom stereocenters. The van der Waals surface area contributed by atoms with Crippen LogP contribution in [0.25, 0.3) is 0 Å². The van der Waals surface area contributed by atoms with E-state index >= 15 is 0 Å². The lowest BCUT2D eigenvalue weighted by atomic mass is 10.2. The van der Waals surface area contributed by atoms with Gasteiger partial charge in [0.25, 0.3) is 5.91 Å². The van der Waals surface area contributed by atoms with Crippen LogP contribution in [0.4, 0.5) is 10.5 Å². The van der Waals surface area contributed by atoms with Gasteiger partial charge in [-0.05, 0) is 29.8 Å². The first-order valence-corrected chi connectivity index (χ1v) is 9.48. The number of hydrogen-bond acceptors (Lipinski definition) is 4. The third-order valence-corrected chi connectivity index (χ3v) is 4.52. The maximum absolute atomic E-state index is 12.2. The van der Waals surface area contributed by atoms with Crippen LogP contribution in [0.5, 0.6) is 0 Å². The van der Waals surface area contributed by atoms with Crippen molar-refractivity contribution in [2.75, 3.05) is 44.7 Å². The van der Waals surface area contributed by atoms with Gasteiger partial charge in [0.2, 0.25) is 0 Å². The average Bonchev–Trinajstić information content (AvgIpc) is 2.74. The molecule has 1 aliphatic rings.